The molecular weight excluding hydrogens is 308 g/mol. The highest BCUT2D eigenvalue weighted by atomic mass is 16.6. The van der Waals surface area contributed by atoms with Crippen molar-refractivity contribution in [1.82, 2.24) is 0 Å². The molecule has 0 amide bonds. The van der Waals surface area contributed by atoms with Crippen molar-refractivity contribution < 1.29 is 23.7 Å². The van der Waals surface area contributed by atoms with Gasteiger partial charge < -0.3 is 23.7 Å². The summed E-state index contributed by atoms with van der Waals surface area (Å²) < 4.78 is 29.0. The van der Waals surface area contributed by atoms with Crippen LogP contribution in [0.5, 0.6) is 0 Å². The van der Waals surface area contributed by atoms with E-state index in [1.807, 2.05) is 24.5 Å². The molecule has 5 nitrogen and oxygen atoms in total. The Morgan fingerprint density at radius 3 is 2.79 bits per heavy atom. The number of hydrogen-bond donors (Lipinski definition) is 0. The third kappa shape index (κ3) is 3.14. The fourth-order valence-electron chi connectivity index (χ4n) is 3.57. The molecule has 4 unspecified atom stereocenters. The van der Waals surface area contributed by atoms with Gasteiger partial charge in [-0.05, 0) is 30.7 Å². The van der Waals surface area contributed by atoms with Crippen LogP contribution in [0.25, 0.3) is 0 Å². The predicted octanol–water partition coefficient (Wildman–Crippen LogP) is 2.83. The quantitative estimate of drug-likeness (QED) is 0.796. The normalized spacial score (nSPS) is 35.3. The second-order valence-corrected chi connectivity index (χ2v) is 6.16. The SMILES string of the molecule is C1=COC(C2C(C3COCCO3)=COCC2C2=CCC=CO2)C=C1. The molecule has 128 valence electrons. The highest BCUT2D eigenvalue weighted by Gasteiger charge is 2.42. The van der Waals surface area contributed by atoms with Gasteiger partial charge in [-0.2, -0.15) is 0 Å². The van der Waals surface area contributed by atoms with Crippen molar-refractivity contribution in [1.29, 1.82) is 0 Å². The third-order valence-electron chi connectivity index (χ3n) is 4.70. The number of allylic oxidation sites excluding steroid dienone is 4. The fourth-order valence-corrected chi connectivity index (χ4v) is 3.57. The van der Waals surface area contributed by atoms with Crippen LogP contribution in [0, 0.1) is 11.8 Å². The fraction of sp³-hybridized carbons (Fsp3) is 0.474. The van der Waals surface area contributed by atoms with Crippen molar-refractivity contribution >= 4 is 0 Å². The monoisotopic (exact) mass is 330 g/mol. The van der Waals surface area contributed by atoms with Crippen molar-refractivity contribution in [3.05, 3.63) is 60.5 Å². The second kappa shape index (κ2) is 7.28. The Morgan fingerprint density at radius 1 is 1.04 bits per heavy atom. The smallest absolute Gasteiger partial charge is 0.124 e. The van der Waals surface area contributed by atoms with Gasteiger partial charge in [0.05, 0.1) is 51.1 Å². The van der Waals surface area contributed by atoms with Gasteiger partial charge in [0.1, 0.15) is 18.0 Å². The molecular formula is C19H22O5. The summed E-state index contributed by atoms with van der Waals surface area (Å²) in [5.74, 6) is 1.11. The van der Waals surface area contributed by atoms with Crippen molar-refractivity contribution in [2.24, 2.45) is 11.8 Å². The van der Waals surface area contributed by atoms with Crippen LogP contribution in [0.1, 0.15) is 6.42 Å². The molecule has 0 radical (unpaired) electrons. The molecule has 1 saturated heterocycles. The van der Waals surface area contributed by atoms with E-state index < -0.39 is 0 Å². The van der Waals surface area contributed by atoms with E-state index in [4.69, 9.17) is 23.7 Å². The summed E-state index contributed by atoms with van der Waals surface area (Å²) in [6, 6.07) is 0. The molecule has 4 aliphatic rings. The highest BCUT2D eigenvalue weighted by Crippen LogP contribution is 2.40. The lowest BCUT2D eigenvalue weighted by Gasteiger charge is -2.40. The van der Waals surface area contributed by atoms with E-state index in [0.29, 0.717) is 26.4 Å². The minimum absolute atomic E-state index is 0.0731. The van der Waals surface area contributed by atoms with Crippen molar-refractivity contribution in [2.45, 2.75) is 18.6 Å². The average Bonchev–Trinajstić information content (AvgIpc) is 2.69. The van der Waals surface area contributed by atoms with E-state index in [9.17, 15) is 0 Å². The topological polar surface area (TPSA) is 46.2 Å². The maximum absolute atomic E-state index is 5.93. The predicted molar refractivity (Wildman–Crippen MR) is 87.7 cm³/mol. The Kier molecular flexibility index (Phi) is 4.71. The van der Waals surface area contributed by atoms with E-state index >= 15 is 0 Å². The summed E-state index contributed by atoms with van der Waals surface area (Å²) in [5, 5.41) is 0. The zero-order valence-corrected chi connectivity index (χ0v) is 13.5. The first-order chi connectivity index (χ1) is 11.9. The molecule has 4 aliphatic heterocycles. The molecule has 0 bridgehead atoms. The first-order valence-corrected chi connectivity index (χ1v) is 8.45. The molecule has 5 heteroatoms. The second-order valence-electron chi connectivity index (χ2n) is 6.16. The summed E-state index contributed by atoms with van der Waals surface area (Å²) in [7, 11) is 0. The lowest BCUT2D eigenvalue weighted by Crippen LogP contribution is -2.43. The van der Waals surface area contributed by atoms with Crippen LogP contribution in [-0.2, 0) is 23.7 Å². The summed E-state index contributed by atoms with van der Waals surface area (Å²) in [6.45, 7) is 2.35. The lowest BCUT2D eigenvalue weighted by atomic mass is 9.77. The Hall–Kier alpha value is -1.98. The van der Waals surface area contributed by atoms with Crippen LogP contribution in [0.2, 0.25) is 0 Å². The first kappa shape index (κ1) is 15.5. The van der Waals surface area contributed by atoms with Gasteiger partial charge in [-0.15, -0.1) is 0 Å². The molecule has 0 N–H and O–H groups in total. The zero-order chi connectivity index (χ0) is 16.2. The van der Waals surface area contributed by atoms with Crippen LogP contribution in [0.15, 0.2) is 60.5 Å². The van der Waals surface area contributed by atoms with Crippen LogP contribution >= 0.6 is 0 Å². The standard InChI is InChI=1S/C19H22O5/c1-3-7-22-16(5-1)14-11-21-12-15(18-13-20-9-10-24-18)19(14)17-6-2-4-8-23-17/h2-8,12,14,17-19H,1,9-11,13H2. The highest BCUT2D eigenvalue weighted by molar-refractivity contribution is 5.26. The Balaban J connectivity index is 1.63. The molecule has 0 aromatic rings. The van der Waals surface area contributed by atoms with Crippen molar-refractivity contribution in [3.8, 4) is 0 Å². The Bertz CT molecular complexity index is 595. The Morgan fingerprint density at radius 2 is 2.04 bits per heavy atom. The molecule has 0 aromatic carbocycles. The molecule has 0 aliphatic carbocycles. The molecule has 4 heterocycles. The van der Waals surface area contributed by atoms with Crippen molar-refractivity contribution in [2.75, 3.05) is 26.4 Å². The van der Waals surface area contributed by atoms with Gasteiger partial charge >= 0.3 is 0 Å². The lowest BCUT2D eigenvalue weighted by molar-refractivity contribution is -0.0852. The van der Waals surface area contributed by atoms with E-state index in [-0.39, 0.29) is 24.0 Å². The van der Waals surface area contributed by atoms with Crippen molar-refractivity contribution in [3.63, 3.8) is 0 Å². The maximum Gasteiger partial charge on any atom is 0.124 e. The van der Waals surface area contributed by atoms with Gasteiger partial charge in [0, 0.05) is 11.5 Å². The van der Waals surface area contributed by atoms with Crippen LogP contribution in [0.3, 0.4) is 0 Å². The maximum atomic E-state index is 5.93. The summed E-state index contributed by atoms with van der Waals surface area (Å²) in [4.78, 5) is 0. The molecule has 0 spiro atoms. The summed E-state index contributed by atoms with van der Waals surface area (Å²) in [6.07, 6.45) is 16.1. The van der Waals surface area contributed by atoms with Gasteiger partial charge in [-0.3, -0.25) is 0 Å². The third-order valence-corrected chi connectivity index (χ3v) is 4.70. The van der Waals surface area contributed by atoms with E-state index in [0.717, 1.165) is 17.8 Å². The molecule has 4 atom stereocenters. The molecule has 1 fully saturated rings. The Labute approximate surface area is 141 Å². The van der Waals surface area contributed by atoms with E-state index in [1.165, 1.54) is 0 Å². The van der Waals surface area contributed by atoms with Gasteiger partial charge in [-0.25, -0.2) is 0 Å². The molecule has 24 heavy (non-hydrogen) atoms. The molecule has 4 rings (SSSR count). The number of hydrogen-bond acceptors (Lipinski definition) is 5. The largest absolute Gasteiger partial charge is 0.500 e. The zero-order valence-electron chi connectivity index (χ0n) is 13.5. The van der Waals surface area contributed by atoms with Crippen LogP contribution in [-0.4, -0.2) is 38.6 Å². The van der Waals surface area contributed by atoms with Gasteiger partial charge in [-0.1, -0.05) is 6.08 Å². The summed E-state index contributed by atoms with van der Waals surface area (Å²) in [5.41, 5.74) is 1.08. The summed E-state index contributed by atoms with van der Waals surface area (Å²) >= 11 is 0. The number of rotatable bonds is 3. The molecule has 0 aromatic heterocycles. The van der Waals surface area contributed by atoms with Crippen LogP contribution < -0.4 is 0 Å². The molecule has 0 saturated carbocycles. The van der Waals surface area contributed by atoms with Gasteiger partial charge in [0.2, 0.25) is 0 Å². The average molecular weight is 330 g/mol. The van der Waals surface area contributed by atoms with Gasteiger partial charge in [0.15, 0.2) is 0 Å². The van der Waals surface area contributed by atoms with E-state index in [1.54, 1.807) is 12.5 Å². The minimum Gasteiger partial charge on any atom is -0.500 e. The minimum atomic E-state index is -0.103. The number of ether oxygens (including phenoxy) is 5. The van der Waals surface area contributed by atoms with Gasteiger partial charge in [0.25, 0.3) is 0 Å². The van der Waals surface area contributed by atoms with E-state index in [2.05, 4.69) is 12.2 Å². The first-order valence-electron chi connectivity index (χ1n) is 8.45. The van der Waals surface area contributed by atoms with Crippen LogP contribution in [0.4, 0.5) is 0 Å².